The van der Waals surface area contributed by atoms with Crippen molar-refractivity contribution in [3.8, 4) is 0 Å². The second-order valence-corrected chi connectivity index (χ2v) is 1.75. The van der Waals surface area contributed by atoms with Gasteiger partial charge in [-0.25, -0.2) is 0 Å². The summed E-state index contributed by atoms with van der Waals surface area (Å²) in [5.74, 6) is -6.52. The van der Waals surface area contributed by atoms with Gasteiger partial charge in [0.25, 0.3) is 0 Å². The van der Waals surface area contributed by atoms with Gasteiger partial charge in [0.2, 0.25) is 11.7 Å². The summed E-state index contributed by atoms with van der Waals surface area (Å²) in [5, 5.41) is 0. The molecule has 0 unspecified atom stereocenters. The SMILES string of the molecule is FC(=C=C(F)C(F)(F)F)C(F)(F)F. The minimum Gasteiger partial charge on any atom is -0.192 e. The molecule has 0 bridgehead atoms. The van der Waals surface area contributed by atoms with Crippen LogP contribution in [0.25, 0.3) is 0 Å². The molecule has 0 aromatic heterocycles. The Hall–Kier alpha value is -1.04. The molecule has 0 rings (SSSR count). The third kappa shape index (κ3) is 3.93. The molecule has 0 heterocycles. The molecule has 0 aliphatic heterocycles. The summed E-state index contributed by atoms with van der Waals surface area (Å²) >= 11 is 0. The first kappa shape index (κ1) is 12.0. The highest BCUT2D eigenvalue weighted by atomic mass is 19.4. The second-order valence-electron chi connectivity index (χ2n) is 1.75. The number of rotatable bonds is 0. The van der Waals surface area contributed by atoms with E-state index in [0.717, 1.165) is 0 Å². The highest BCUT2D eigenvalue weighted by Crippen LogP contribution is 2.30. The first-order chi connectivity index (χ1) is 5.55. The second kappa shape index (κ2) is 3.37. The summed E-state index contributed by atoms with van der Waals surface area (Å²) in [6.07, 6.45) is -11.3. The van der Waals surface area contributed by atoms with Crippen molar-refractivity contribution in [3.05, 3.63) is 17.4 Å². The summed E-state index contributed by atoms with van der Waals surface area (Å²) < 4.78 is 90.3. The van der Waals surface area contributed by atoms with E-state index in [4.69, 9.17) is 0 Å². The average Bonchev–Trinajstić information content (AvgIpc) is 1.82. The van der Waals surface area contributed by atoms with Gasteiger partial charge in [0.05, 0.1) is 0 Å². The summed E-state index contributed by atoms with van der Waals surface area (Å²) in [6.45, 7) is 0. The van der Waals surface area contributed by atoms with Gasteiger partial charge in [-0.05, 0) is 5.73 Å². The Kier molecular flexibility index (Phi) is 3.10. The fourth-order valence-electron chi connectivity index (χ4n) is 0.238. The predicted molar refractivity (Wildman–Crippen MR) is 24.9 cm³/mol. The van der Waals surface area contributed by atoms with Crippen LogP contribution in [-0.4, -0.2) is 12.4 Å². The van der Waals surface area contributed by atoms with E-state index < -0.39 is 24.0 Å². The molecule has 0 spiro atoms. The van der Waals surface area contributed by atoms with Crippen LogP contribution in [0.3, 0.4) is 0 Å². The van der Waals surface area contributed by atoms with Crippen LogP contribution in [-0.2, 0) is 0 Å². The zero-order chi connectivity index (χ0) is 10.9. The van der Waals surface area contributed by atoms with Crippen molar-refractivity contribution in [1.82, 2.24) is 0 Å². The summed E-state index contributed by atoms with van der Waals surface area (Å²) in [7, 11) is 0. The fourth-order valence-corrected chi connectivity index (χ4v) is 0.238. The topological polar surface area (TPSA) is 0 Å². The van der Waals surface area contributed by atoms with Gasteiger partial charge in [0.15, 0.2) is 0 Å². The first-order valence-electron chi connectivity index (χ1n) is 2.51. The molecule has 0 radical (unpaired) electrons. The van der Waals surface area contributed by atoms with E-state index in [-0.39, 0.29) is 5.73 Å². The molecule has 0 amide bonds. The van der Waals surface area contributed by atoms with Crippen molar-refractivity contribution in [2.24, 2.45) is 0 Å². The van der Waals surface area contributed by atoms with E-state index in [9.17, 15) is 35.1 Å². The van der Waals surface area contributed by atoms with Crippen LogP contribution >= 0.6 is 0 Å². The Balaban J connectivity index is 5.13. The lowest BCUT2D eigenvalue weighted by molar-refractivity contribution is -0.113. The molecule has 0 nitrogen and oxygen atoms in total. The standard InChI is InChI=1S/C5F8/c6-2(4(8,9)10)1-3(7)5(11,12)13. The van der Waals surface area contributed by atoms with Gasteiger partial charge >= 0.3 is 12.4 Å². The minimum absolute atomic E-state index is 0.0903. The molecule has 76 valence electrons. The van der Waals surface area contributed by atoms with E-state index in [1.807, 2.05) is 0 Å². The maximum absolute atomic E-state index is 11.6. The van der Waals surface area contributed by atoms with Gasteiger partial charge in [-0.3, -0.25) is 0 Å². The van der Waals surface area contributed by atoms with Gasteiger partial charge in [-0.2, -0.15) is 35.1 Å². The van der Waals surface area contributed by atoms with E-state index >= 15 is 0 Å². The number of halogens is 8. The van der Waals surface area contributed by atoms with E-state index in [2.05, 4.69) is 0 Å². The minimum atomic E-state index is -5.66. The third-order valence-corrected chi connectivity index (χ3v) is 0.717. The molecular formula is C5F8. The Morgan fingerprint density at radius 3 is 1.08 bits per heavy atom. The maximum Gasteiger partial charge on any atom is 0.450 e. The Morgan fingerprint density at radius 1 is 0.692 bits per heavy atom. The molecule has 0 aliphatic carbocycles. The number of alkyl halides is 6. The fraction of sp³-hybridized carbons (Fsp3) is 0.400. The zero-order valence-corrected chi connectivity index (χ0v) is 5.52. The zero-order valence-electron chi connectivity index (χ0n) is 5.52. The molecule has 0 aromatic carbocycles. The lowest BCUT2D eigenvalue weighted by atomic mass is 10.4. The third-order valence-electron chi connectivity index (χ3n) is 0.717. The molecule has 0 fully saturated rings. The van der Waals surface area contributed by atoms with Crippen molar-refractivity contribution in [3.63, 3.8) is 0 Å². The van der Waals surface area contributed by atoms with Gasteiger partial charge in [0, 0.05) is 0 Å². The van der Waals surface area contributed by atoms with Gasteiger partial charge in [-0.1, -0.05) is 0 Å². The first-order valence-corrected chi connectivity index (χ1v) is 2.51. The van der Waals surface area contributed by atoms with Crippen LogP contribution in [0.15, 0.2) is 17.4 Å². The van der Waals surface area contributed by atoms with Crippen LogP contribution in [0.5, 0.6) is 0 Å². The highest BCUT2D eigenvalue weighted by molar-refractivity contribution is 5.06. The molecule has 0 saturated carbocycles. The van der Waals surface area contributed by atoms with Crippen LogP contribution in [0.1, 0.15) is 0 Å². The van der Waals surface area contributed by atoms with E-state index in [1.54, 1.807) is 0 Å². The van der Waals surface area contributed by atoms with Gasteiger partial charge in [-0.15, -0.1) is 0 Å². The molecular weight excluding hydrogens is 212 g/mol. The van der Waals surface area contributed by atoms with E-state index in [0.29, 0.717) is 0 Å². The number of hydrogen-bond donors (Lipinski definition) is 0. The normalized spacial score (nSPS) is 12.3. The number of hydrogen-bond acceptors (Lipinski definition) is 0. The van der Waals surface area contributed by atoms with Crippen molar-refractivity contribution >= 4 is 0 Å². The molecule has 8 heteroatoms. The van der Waals surface area contributed by atoms with Crippen LogP contribution in [0.4, 0.5) is 35.1 Å². The smallest absolute Gasteiger partial charge is 0.192 e. The summed E-state index contributed by atoms with van der Waals surface area (Å²) in [5.41, 5.74) is -0.0903. The van der Waals surface area contributed by atoms with Gasteiger partial charge < -0.3 is 0 Å². The molecule has 0 saturated heterocycles. The quantitative estimate of drug-likeness (QED) is 0.426. The van der Waals surface area contributed by atoms with Gasteiger partial charge in [0.1, 0.15) is 0 Å². The molecule has 0 aliphatic rings. The van der Waals surface area contributed by atoms with Crippen LogP contribution in [0, 0.1) is 0 Å². The Morgan fingerprint density at radius 2 is 0.923 bits per heavy atom. The molecule has 0 aromatic rings. The van der Waals surface area contributed by atoms with E-state index in [1.165, 1.54) is 0 Å². The summed E-state index contributed by atoms with van der Waals surface area (Å²) in [4.78, 5) is 0. The number of allylic oxidation sites excluding steroid dienone is 1. The highest BCUT2D eigenvalue weighted by Gasteiger charge is 2.39. The molecule has 0 N–H and O–H groups in total. The largest absolute Gasteiger partial charge is 0.450 e. The Bertz CT molecular complexity index is 223. The lowest BCUT2D eigenvalue weighted by Crippen LogP contribution is -2.10. The maximum atomic E-state index is 11.6. The molecule has 0 atom stereocenters. The van der Waals surface area contributed by atoms with Crippen LogP contribution < -0.4 is 0 Å². The monoisotopic (exact) mass is 212 g/mol. The van der Waals surface area contributed by atoms with Crippen molar-refractivity contribution < 1.29 is 35.1 Å². The Labute approximate surface area is 66.1 Å². The van der Waals surface area contributed by atoms with Crippen molar-refractivity contribution in [1.29, 1.82) is 0 Å². The van der Waals surface area contributed by atoms with Crippen molar-refractivity contribution in [2.75, 3.05) is 0 Å². The molecule has 13 heavy (non-hydrogen) atoms. The lowest BCUT2D eigenvalue weighted by Gasteiger charge is -2.01. The van der Waals surface area contributed by atoms with Crippen molar-refractivity contribution in [2.45, 2.75) is 12.4 Å². The summed E-state index contributed by atoms with van der Waals surface area (Å²) in [6, 6.07) is 0. The average molecular weight is 212 g/mol. The van der Waals surface area contributed by atoms with Crippen LogP contribution in [0.2, 0.25) is 0 Å². The predicted octanol–water partition coefficient (Wildman–Crippen LogP) is 3.42.